The van der Waals surface area contributed by atoms with Gasteiger partial charge in [0.15, 0.2) is 5.78 Å². The van der Waals surface area contributed by atoms with Crippen LogP contribution in [-0.4, -0.2) is 140 Å². The lowest BCUT2D eigenvalue weighted by atomic mass is 9.87. The molecule has 5 heterocycles. The number of primary amides is 1. The van der Waals surface area contributed by atoms with Gasteiger partial charge in [-0.1, -0.05) is 24.3 Å². The average Bonchev–Trinajstić information content (AvgIpc) is 3.92. The smallest absolute Gasteiger partial charge is 0.255 e. The molecular formula is C50H59N7O12. The van der Waals surface area contributed by atoms with E-state index in [9.17, 15) is 28.8 Å². The molecule has 2 fully saturated rings. The fourth-order valence-corrected chi connectivity index (χ4v) is 9.22. The predicted octanol–water partition coefficient (Wildman–Crippen LogP) is 4.29. The highest BCUT2D eigenvalue weighted by molar-refractivity contribution is 6.06. The second-order valence-corrected chi connectivity index (χ2v) is 17.3. The van der Waals surface area contributed by atoms with Crippen molar-refractivity contribution in [3.05, 3.63) is 89.5 Å². The number of likely N-dealkylation sites (tertiary alicyclic amines) is 1. The molecule has 8 rings (SSSR count). The van der Waals surface area contributed by atoms with Crippen LogP contribution in [0.1, 0.15) is 77.3 Å². The van der Waals surface area contributed by atoms with E-state index in [4.69, 9.17) is 39.3 Å². The zero-order valence-corrected chi connectivity index (χ0v) is 38.6. The maximum Gasteiger partial charge on any atom is 0.255 e. The quantitative estimate of drug-likeness (QED) is 0.0658. The van der Waals surface area contributed by atoms with Crippen molar-refractivity contribution in [2.24, 2.45) is 11.7 Å². The third-order valence-electron chi connectivity index (χ3n) is 12.8. The minimum Gasteiger partial charge on any atom is -0.485 e. The summed E-state index contributed by atoms with van der Waals surface area (Å²) in [5, 5.41) is 10.6. The Labute approximate surface area is 399 Å². The maximum atomic E-state index is 13.0. The molecule has 4 N–H and O–H groups in total. The van der Waals surface area contributed by atoms with E-state index in [2.05, 4.69) is 10.6 Å². The van der Waals surface area contributed by atoms with Gasteiger partial charge >= 0.3 is 0 Å². The lowest BCUT2D eigenvalue weighted by Gasteiger charge is -2.38. The van der Waals surface area contributed by atoms with E-state index in [0.717, 1.165) is 30.6 Å². The monoisotopic (exact) mass is 949 g/mol. The topological polar surface area (TPSA) is 232 Å². The standard InChI is InChI=1S/C50H59N7O12/c51-47(61)45-46(34-11-13-37(14-12-34)69-36-7-2-1-3-8-36)54-57-40(17-20-52-48(45)57)33-18-21-55(22-19-33)44(60)32-67-29-28-66-27-26-65-25-24-64-23-5-6-35(58)31-68-42-10-4-9-38-39(42)30-56(50(38)63)41-15-16-43(59)53-49(41)62/h1-4,7-14,33,40-41,52H,5-6,15-32H2,(H2,51,61)(H,53,59,62)/t40-,41?/m0/s1. The molecule has 0 aliphatic carbocycles. The van der Waals surface area contributed by atoms with Crippen LogP contribution >= 0.6 is 0 Å². The molecule has 1 unspecified atom stereocenters. The third kappa shape index (κ3) is 12.3. The van der Waals surface area contributed by atoms with Crippen molar-refractivity contribution >= 4 is 41.1 Å². The van der Waals surface area contributed by atoms with Gasteiger partial charge < -0.3 is 49.3 Å². The van der Waals surface area contributed by atoms with Gasteiger partial charge in [0.1, 0.15) is 53.6 Å². The van der Waals surface area contributed by atoms with E-state index in [-0.39, 0.29) is 81.1 Å². The van der Waals surface area contributed by atoms with Crippen LogP contribution in [0.25, 0.3) is 11.3 Å². The zero-order valence-electron chi connectivity index (χ0n) is 38.6. The molecule has 0 radical (unpaired) electrons. The van der Waals surface area contributed by atoms with Gasteiger partial charge in [0.25, 0.3) is 11.8 Å². The Bertz CT molecular complexity index is 2460. The van der Waals surface area contributed by atoms with Crippen LogP contribution in [0.4, 0.5) is 5.82 Å². The molecule has 19 nitrogen and oxygen atoms in total. The first-order valence-corrected chi connectivity index (χ1v) is 23.6. The van der Waals surface area contributed by atoms with Crippen molar-refractivity contribution < 1.29 is 57.2 Å². The van der Waals surface area contributed by atoms with Crippen LogP contribution in [0.5, 0.6) is 17.2 Å². The van der Waals surface area contributed by atoms with E-state index in [1.165, 1.54) is 4.90 Å². The maximum absolute atomic E-state index is 13.0. The van der Waals surface area contributed by atoms with E-state index >= 15 is 0 Å². The molecule has 0 spiro atoms. The van der Waals surface area contributed by atoms with Gasteiger partial charge in [0, 0.05) is 55.8 Å². The largest absolute Gasteiger partial charge is 0.485 e. The minimum absolute atomic E-state index is 0.0261. The van der Waals surface area contributed by atoms with E-state index in [1.54, 1.807) is 18.2 Å². The third-order valence-corrected chi connectivity index (χ3v) is 12.8. The molecule has 4 aliphatic heterocycles. The number of nitrogens with zero attached hydrogens (tertiary/aromatic N) is 4. The van der Waals surface area contributed by atoms with Gasteiger partial charge in [-0.2, -0.15) is 5.10 Å². The first-order chi connectivity index (χ1) is 33.6. The van der Waals surface area contributed by atoms with E-state index in [0.29, 0.717) is 105 Å². The van der Waals surface area contributed by atoms with E-state index < -0.39 is 17.9 Å². The van der Waals surface area contributed by atoms with Crippen molar-refractivity contribution in [2.45, 2.75) is 63.6 Å². The molecule has 0 saturated carbocycles. The Balaban J connectivity index is 0.647. The number of hydrogen-bond donors (Lipinski definition) is 3. The predicted molar refractivity (Wildman–Crippen MR) is 250 cm³/mol. The van der Waals surface area contributed by atoms with Crippen molar-refractivity contribution in [3.8, 4) is 28.5 Å². The van der Waals surface area contributed by atoms with Crippen LogP contribution in [0.2, 0.25) is 0 Å². The highest BCUT2D eigenvalue weighted by Crippen LogP contribution is 2.40. The first-order valence-electron chi connectivity index (χ1n) is 23.6. The summed E-state index contributed by atoms with van der Waals surface area (Å²) in [5.74, 6) is 0.852. The molecule has 4 aromatic rings. The molecule has 4 aliphatic rings. The SMILES string of the molecule is NC(=O)c1c(-c2ccc(Oc3ccccc3)cc2)nn2c1NCC[C@H]2C1CCN(C(=O)COCCOCCOCCOCCCC(=O)COc2cccc3c2CN(C2CCC(=O)NC2=O)C3=O)CC1. The average molecular weight is 950 g/mol. The molecule has 366 valence electrons. The number of carbonyl (C=O) groups is 6. The van der Waals surface area contributed by atoms with Crippen molar-refractivity contribution in [3.63, 3.8) is 0 Å². The fraction of sp³-hybridized carbons (Fsp3) is 0.460. The van der Waals surface area contributed by atoms with Gasteiger partial charge in [0.2, 0.25) is 17.7 Å². The second-order valence-electron chi connectivity index (χ2n) is 17.3. The van der Waals surface area contributed by atoms with Gasteiger partial charge in [-0.05, 0) is 86.6 Å². The lowest BCUT2D eigenvalue weighted by molar-refractivity contribution is -0.138. The number of hydrogen-bond acceptors (Lipinski definition) is 14. The van der Waals surface area contributed by atoms with Crippen molar-refractivity contribution in [1.29, 1.82) is 0 Å². The Kier molecular flexibility index (Phi) is 16.7. The number of aromatic nitrogens is 2. The number of benzene rings is 3. The molecule has 69 heavy (non-hydrogen) atoms. The fourth-order valence-electron chi connectivity index (χ4n) is 9.22. The van der Waals surface area contributed by atoms with Gasteiger partial charge in [0.05, 0.1) is 52.2 Å². The number of carbonyl (C=O) groups excluding carboxylic acids is 6. The number of rotatable bonds is 24. The van der Waals surface area contributed by atoms with Crippen LogP contribution in [0.15, 0.2) is 72.8 Å². The Morgan fingerprint density at radius 1 is 0.754 bits per heavy atom. The van der Waals surface area contributed by atoms with Crippen LogP contribution in [-0.2, 0) is 44.7 Å². The Hall–Kier alpha value is -6.67. The first kappa shape index (κ1) is 48.8. The molecular weight excluding hydrogens is 891 g/mol. The van der Waals surface area contributed by atoms with E-state index in [1.807, 2.05) is 64.2 Å². The normalized spacial score (nSPS) is 18.1. The number of Topliss-reactive ketones (excluding diaryl/α,β-unsaturated/α-hetero) is 1. The molecule has 1 aromatic heterocycles. The highest BCUT2D eigenvalue weighted by atomic mass is 16.6. The van der Waals surface area contributed by atoms with Crippen LogP contribution in [0.3, 0.4) is 0 Å². The number of piperidine rings is 2. The summed E-state index contributed by atoms with van der Waals surface area (Å²) >= 11 is 0. The zero-order chi connectivity index (χ0) is 48.1. The van der Waals surface area contributed by atoms with Crippen LogP contribution in [0, 0.1) is 5.92 Å². The molecule has 0 bridgehead atoms. The summed E-state index contributed by atoms with van der Waals surface area (Å²) in [5.41, 5.74) is 8.63. The molecule has 3 aromatic carbocycles. The summed E-state index contributed by atoms with van der Waals surface area (Å²) in [4.78, 5) is 78.6. The number of para-hydroxylation sites is 1. The lowest BCUT2D eigenvalue weighted by Crippen LogP contribution is -2.52. The van der Waals surface area contributed by atoms with Crippen molar-refractivity contribution in [1.82, 2.24) is 24.9 Å². The Morgan fingerprint density at radius 2 is 1.45 bits per heavy atom. The summed E-state index contributed by atoms with van der Waals surface area (Å²) in [6.07, 6.45) is 3.63. The van der Waals surface area contributed by atoms with Crippen LogP contribution < -0.4 is 25.8 Å². The second kappa shape index (κ2) is 23.6. The summed E-state index contributed by atoms with van der Waals surface area (Å²) in [6, 6.07) is 21.3. The summed E-state index contributed by atoms with van der Waals surface area (Å²) < 4.78 is 36.1. The highest BCUT2D eigenvalue weighted by Gasteiger charge is 2.40. The molecule has 5 amide bonds. The number of anilines is 1. The Morgan fingerprint density at radius 3 is 2.16 bits per heavy atom. The number of nitrogens with two attached hydrogens (primary N) is 1. The number of imide groups is 1. The molecule has 19 heteroatoms. The van der Waals surface area contributed by atoms with Gasteiger partial charge in [-0.3, -0.25) is 34.1 Å². The summed E-state index contributed by atoms with van der Waals surface area (Å²) in [6.45, 7) is 4.31. The number of nitrogens with one attached hydrogen (secondary N) is 2. The minimum atomic E-state index is -0.729. The number of fused-ring (bicyclic) bond motifs is 2. The van der Waals surface area contributed by atoms with Crippen molar-refractivity contribution in [2.75, 3.05) is 84.4 Å². The molecule has 2 saturated heterocycles. The molecule has 2 atom stereocenters. The summed E-state index contributed by atoms with van der Waals surface area (Å²) in [7, 11) is 0. The van der Waals surface area contributed by atoms with Gasteiger partial charge in [-0.15, -0.1) is 0 Å². The number of ether oxygens (including phenoxy) is 6. The van der Waals surface area contributed by atoms with Gasteiger partial charge in [-0.25, -0.2) is 4.68 Å². The number of ketones is 1. The number of amides is 5.